The molecule has 1 N–H and O–H groups in total. The van der Waals surface area contributed by atoms with Gasteiger partial charge in [-0.1, -0.05) is 18.2 Å². The van der Waals surface area contributed by atoms with Crippen molar-refractivity contribution < 1.29 is 9.53 Å². The molecule has 104 valence electrons. The summed E-state index contributed by atoms with van der Waals surface area (Å²) in [6.07, 6.45) is 1.67. The molecular weight excluding hydrogens is 272 g/mol. The molecule has 2 aromatic rings. The molecule has 0 unspecified atom stereocenters. The van der Waals surface area contributed by atoms with Crippen LogP contribution in [0.1, 0.15) is 5.56 Å². The second kappa shape index (κ2) is 7.55. The van der Waals surface area contributed by atoms with Crippen molar-refractivity contribution in [2.24, 2.45) is 0 Å². The maximum absolute atomic E-state index is 11.8. The zero-order valence-electron chi connectivity index (χ0n) is 11.2. The summed E-state index contributed by atoms with van der Waals surface area (Å²) in [5, 5.41) is 2.88. The van der Waals surface area contributed by atoms with Gasteiger partial charge >= 0.3 is 0 Å². The van der Waals surface area contributed by atoms with Crippen molar-refractivity contribution in [3.8, 4) is 5.88 Å². The Morgan fingerprint density at radius 1 is 1.30 bits per heavy atom. The normalized spacial score (nSPS) is 10.1. The van der Waals surface area contributed by atoms with E-state index >= 15 is 0 Å². The minimum atomic E-state index is 0.00892. The third kappa shape index (κ3) is 4.59. The van der Waals surface area contributed by atoms with Gasteiger partial charge in [-0.25, -0.2) is 4.98 Å². The molecule has 0 spiro atoms. The van der Waals surface area contributed by atoms with E-state index < -0.39 is 0 Å². The van der Waals surface area contributed by atoms with Gasteiger partial charge in [0, 0.05) is 23.7 Å². The number of amides is 1. The number of pyridine rings is 1. The van der Waals surface area contributed by atoms with E-state index in [0.717, 1.165) is 10.5 Å². The van der Waals surface area contributed by atoms with E-state index in [1.165, 1.54) is 11.8 Å². The SMILES string of the molecule is COc1cc(CNC(=O)CSc2ccccc2)ccn1. The van der Waals surface area contributed by atoms with Crippen LogP contribution < -0.4 is 10.1 Å². The molecule has 20 heavy (non-hydrogen) atoms. The predicted octanol–water partition coefficient (Wildman–Crippen LogP) is 2.50. The Hall–Kier alpha value is -2.01. The zero-order valence-corrected chi connectivity index (χ0v) is 12.0. The molecule has 0 fully saturated rings. The molecule has 4 nitrogen and oxygen atoms in total. The summed E-state index contributed by atoms with van der Waals surface area (Å²) in [5.41, 5.74) is 0.968. The minimum Gasteiger partial charge on any atom is -0.481 e. The molecule has 0 aliphatic rings. The Labute approximate surface area is 122 Å². The Morgan fingerprint density at radius 2 is 2.10 bits per heavy atom. The molecule has 1 heterocycles. The van der Waals surface area contributed by atoms with Crippen LogP contribution in [0.3, 0.4) is 0 Å². The lowest BCUT2D eigenvalue weighted by atomic mass is 10.2. The summed E-state index contributed by atoms with van der Waals surface area (Å²) in [4.78, 5) is 16.9. The van der Waals surface area contributed by atoms with E-state index in [-0.39, 0.29) is 5.91 Å². The van der Waals surface area contributed by atoms with Gasteiger partial charge in [-0.2, -0.15) is 0 Å². The summed E-state index contributed by atoms with van der Waals surface area (Å²) < 4.78 is 5.04. The van der Waals surface area contributed by atoms with Crippen molar-refractivity contribution in [1.29, 1.82) is 0 Å². The first-order valence-electron chi connectivity index (χ1n) is 6.21. The average molecular weight is 288 g/mol. The lowest BCUT2D eigenvalue weighted by molar-refractivity contribution is -0.118. The molecule has 0 saturated carbocycles. The van der Waals surface area contributed by atoms with Crippen molar-refractivity contribution in [3.63, 3.8) is 0 Å². The highest BCUT2D eigenvalue weighted by molar-refractivity contribution is 8.00. The summed E-state index contributed by atoms with van der Waals surface area (Å²) in [6, 6.07) is 13.5. The fourth-order valence-corrected chi connectivity index (χ4v) is 2.34. The lowest BCUT2D eigenvalue weighted by Crippen LogP contribution is -2.24. The van der Waals surface area contributed by atoms with Crippen LogP contribution in [0.15, 0.2) is 53.6 Å². The van der Waals surface area contributed by atoms with Crippen LogP contribution in [-0.2, 0) is 11.3 Å². The third-order valence-corrected chi connectivity index (χ3v) is 3.62. The number of nitrogens with one attached hydrogen (secondary N) is 1. The Balaban J connectivity index is 1.77. The number of hydrogen-bond donors (Lipinski definition) is 1. The highest BCUT2D eigenvalue weighted by Gasteiger charge is 2.03. The largest absolute Gasteiger partial charge is 0.481 e. The molecule has 0 saturated heterocycles. The first-order valence-corrected chi connectivity index (χ1v) is 7.20. The van der Waals surface area contributed by atoms with Gasteiger partial charge in [-0.3, -0.25) is 4.79 Å². The number of methoxy groups -OCH3 is 1. The minimum absolute atomic E-state index is 0.00892. The van der Waals surface area contributed by atoms with Gasteiger partial charge in [0.15, 0.2) is 0 Å². The molecule has 1 aromatic heterocycles. The number of carbonyl (C=O) groups is 1. The Bertz CT molecular complexity index is 561. The van der Waals surface area contributed by atoms with Crippen molar-refractivity contribution in [3.05, 3.63) is 54.2 Å². The predicted molar refractivity (Wildman–Crippen MR) is 79.8 cm³/mol. The maximum Gasteiger partial charge on any atom is 0.230 e. The van der Waals surface area contributed by atoms with Crippen molar-refractivity contribution >= 4 is 17.7 Å². The van der Waals surface area contributed by atoms with Crippen LogP contribution in [0, 0.1) is 0 Å². The number of ether oxygens (including phenoxy) is 1. The van der Waals surface area contributed by atoms with Gasteiger partial charge in [0.05, 0.1) is 12.9 Å². The fourth-order valence-electron chi connectivity index (χ4n) is 1.59. The molecule has 2 rings (SSSR count). The van der Waals surface area contributed by atoms with E-state index in [0.29, 0.717) is 18.2 Å². The first-order chi connectivity index (χ1) is 9.78. The molecule has 0 aliphatic heterocycles. The molecular formula is C15H16N2O2S. The topological polar surface area (TPSA) is 51.2 Å². The Kier molecular flexibility index (Phi) is 5.43. The monoisotopic (exact) mass is 288 g/mol. The molecule has 0 atom stereocenters. The van der Waals surface area contributed by atoms with E-state index in [4.69, 9.17) is 4.74 Å². The van der Waals surface area contributed by atoms with Crippen LogP contribution in [0.25, 0.3) is 0 Å². The number of benzene rings is 1. The number of aromatic nitrogens is 1. The van der Waals surface area contributed by atoms with Gasteiger partial charge < -0.3 is 10.1 Å². The Morgan fingerprint density at radius 3 is 2.85 bits per heavy atom. The fraction of sp³-hybridized carbons (Fsp3) is 0.200. The van der Waals surface area contributed by atoms with E-state index in [2.05, 4.69) is 10.3 Å². The van der Waals surface area contributed by atoms with Crippen LogP contribution in [0.4, 0.5) is 0 Å². The molecule has 1 amide bonds. The zero-order chi connectivity index (χ0) is 14.2. The van der Waals surface area contributed by atoms with Gasteiger partial charge in [0.2, 0.25) is 11.8 Å². The second-order valence-corrected chi connectivity index (χ2v) is 5.13. The van der Waals surface area contributed by atoms with Gasteiger partial charge in [0.25, 0.3) is 0 Å². The molecule has 0 radical (unpaired) electrons. The second-order valence-electron chi connectivity index (χ2n) is 4.08. The standard InChI is InChI=1S/C15H16N2O2S/c1-19-15-9-12(7-8-16-15)10-17-14(18)11-20-13-5-3-2-4-6-13/h2-9H,10-11H2,1H3,(H,17,18). The molecule has 0 aliphatic carbocycles. The van der Waals surface area contributed by atoms with Gasteiger partial charge in [-0.05, 0) is 23.8 Å². The highest BCUT2D eigenvalue weighted by atomic mass is 32.2. The maximum atomic E-state index is 11.8. The summed E-state index contributed by atoms with van der Waals surface area (Å²) in [7, 11) is 1.57. The number of thioether (sulfide) groups is 1. The van der Waals surface area contributed by atoms with E-state index in [9.17, 15) is 4.79 Å². The summed E-state index contributed by atoms with van der Waals surface area (Å²) in [6.45, 7) is 0.479. The molecule has 1 aromatic carbocycles. The van der Waals surface area contributed by atoms with E-state index in [1.807, 2.05) is 42.5 Å². The average Bonchev–Trinajstić information content (AvgIpc) is 2.52. The summed E-state index contributed by atoms with van der Waals surface area (Å²) >= 11 is 1.52. The van der Waals surface area contributed by atoms with Crippen LogP contribution in [-0.4, -0.2) is 23.8 Å². The van der Waals surface area contributed by atoms with Crippen LogP contribution in [0.2, 0.25) is 0 Å². The van der Waals surface area contributed by atoms with Gasteiger partial charge in [0.1, 0.15) is 0 Å². The van der Waals surface area contributed by atoms with Crippen molar-refractivity contribution in [1.82, 2.24) is 10.3 Å². The smallest absolute Gasteiger partial charge is 0.230 e. The van der Waals surface area contributed by atoms with Gasteiger partial charge in [-0.15, -0.1) is 11.8 Å². The van der Waals surface area contributed by atoms with Crippen LogP contribution in [0.5, 0.6) is 5.88 Å². The number of nitrogens with zero attached hydrogens (tertiary/aromatic N) is 1. The third-order valence-electron chi connectivity index (χ3n) is 2.61. The first kappa shape index (κ1) is 14.4. The van der Waals surface area contributed by atoms with Crippen molar-refractivity contribution in [2.45, 2.75) is 11.4 Å². The summed E-state index contributed by atoms with van der Waals surface area (Å²) in [5.74, 6) is 0.969. The number of rotatable bonds is 6. The van der Waals surface area contributed by atoms with Crippen LogP contribution >= 0.6 is 11.8 Å². The molecule has 5 heteroatoms. The molecule has 0 bridgehead atoms. The number of hydrogen-bond acceptors (Lipinski definition) is 4. The highest BCUT2D eigenvalue weighted by Crippen LogP contribution is 2.16. The van der Waals surface area contributed by atoms with E-state index in [1.54, 1.807) is 13.3 Å². The van der Waals surface area contributed by atoms with Crippen molar-refractivity contribution in [2.75, 3.05) is 12.9 Å². The lowest BCUT2D eigenvalue weighted by Gasteiger charge is -2.06. The number of carbonyl (C=O) groups excluding carboxylic acids is 1. The quantitative estimate of drug-likeness (QED) is 0.830.